The SMILES string of the molecule is CNC1CCC(S(=O)(=O)c2cccc(OC)c2)C1. The maximum atomic E-state index is 12.5. The van der Waals surface area contributed by atoms with E-state index in [0.717, 1.165) is 12.8 Å². The third-order valence-electron chi connectivity index (χ3n) is 3.60. The largest absolute Gasteiger partial charge is 0.497 e. The van der Waals surface area contributed by atoms with E-state index in [1.165, 1.54) is 0 Å². The van der Waals surface area contributed by atoms with Gasteiger partial charge in [0, 0.05) is 6.04 Å². The first-order chi connectivity index (χ1) is 8.57. The first-order valence-electron chi connectivity index (χ1n) is 6.13. The lowest BCUT2D eigenvalue weighted by Crippen LogP contribution is -2.25. The van der Waals surface area contributed by atoms with Crippen LogP contribution in [0.5, 0.6) is 5.75 Å². The van der Waals surface area contributed by atoms with Gasteiger partial charge in [-0.25, -0.2) is 8.42 Å². The third kappa shape index (κ3) is 2.52. The molecule has 2 unspecified atom stereocenters. The van der Waals surface area contributed by atoms with Crippen molar-refractivity contribution in [3.63, 3.8) is 0 Å². The van der Waals surface area contributed by atoms with Crippen molar-refractivity contribution in [2.75, 3.05) is 14.2 Å². The van der Waals surface area contributed by atoms with Crippen LogP contribution in [0.2, 0.25) is 0 Å². The highest BCUT2D eigenvalue weighted by Crippen LogP contribution is 2.31. The van der Waals surface area contributed by atoms with Crippen LogP contribution in [-0.4, -0.2) is 33.9 Å². The highest BCUT2D eigenvalue weighted by molar-refractivity contribution is 7.92. The zero-order valence-electron chi connectivity index (χ0n) is 10.7. The summed E-state index contributed by atoms with van der Waals surface area (Å²) in [6.45, 7) is 0. The number of benzene rings is 1. The second-order valence-electron chi connectivity index (χ2n) is 4.64. The van der Waals surface area contributed by atoms with Crippen LogP contribution >= 0.6 is 0 Å². The molecule has 1 aromatic rings. The van der Waals surface area contributed by atoms with Gasteiger partial charge in [0.25, 0.3) is 0 Å². The molecule has 5 heteroatoms. The molecule has 0 saturated heterocycles. The lowest BCUT2D eigenvalue weighted by molar-refractivity contribution is 0.413. The van der Waals surface area contributed by atoms with Crippen molar-refractivity contribution in [1.82, 2.24) is 5.32 Å². The molecule has 18 heavy (non-hydrogen) atoms. The van der Waals surface area contributed by atoms with Gasteiger partial charge in [-0.3, -0.25) is 0 Å². The number of ether oxygens (including phenoxy) is 1. The molecule has 100 valence electrons. The Bertz CT molecular complexity index is 513. The summed E-state index contributed by atoms with van der Waals surface area (Å²) in [6.07, 6.45) is 2.34. The van der Waals surface area contributed by atoms with E-state index in [9.17, 15) is 8.42 Å². The number of sulfone groups is 1. The molecule has 1 aliphatic rings. The quantitative estimate of drug-likeness (QED) is 0.902. The van der Waals surface area contributed by atoms with Crippen molar-refractivity contribution in [2.24, 2.45) is 0 Å². The van der Waals surface area contributed by atoms with Gasteiger partial charge in [-0.15, -0.1) is 0 Å². The number of hydrogen-bond acceptors (Lipinski definition) is 4. The molecule has 0 aromatic heterocycles. The van der Waals surface area contributed by atoms with E-state index >= 15 is 0 Å². The van der Waals surface area contributed by atoms with Crippen molar-refractivity contribution in [3.8, 4) is 5.75 Å². The van der Waals surface area contributed by atoms with E-state index < -0.39 is 9.84 Å². The van der Waals surface area contributed by atoms with Crippen molar-refractivity contribution in [1.29, 1.82) is 0 Å². The maximum absolute atomic E-state index is 12.5. The highest BCUT2D eigenvalue weighted by Gasteiger charge is 2.34. The summed E-state index contributed by atoms with van der Waals surface area (Å²) < 4.78 is 30.0. The van der Waals surface area contributed by atoms with E-state index in [2.05, 4.69) is 5.32 Å². The van der Waals surface area contributed by atoms with Gasteiger partial charge < -0.3 is 10.1 Å². The lowest BCUT2D eigenvalue weighted by Gasteiger charge is -2.13. The van der Waals surface area contributed by atoms with Crippen molar-refractivity contribution < 1.29 is 13.2 Å². The molecule has 0 bridgehead atoms. The minimum absolute atomic E-state index is 0.276. The molecule has 1 aromatic carbocycles. The smallest absolute Gasteiger partial charge is 0.181 e. The molecule has 1 N–H and O–H groups in total. The third-order valence-corrected chi connectivity index (χ3v) is 5.82. The van der Waals surface area contributed by atoms with Crippen LogP contribution in [0.1, 0.15) is 19.3 Å². The predicted molar refractivity (Wildman–Crippen MR) is 70.7 cm³/mol. The lowest BCUT2D eigenvalue weighted by atomic mass is 10.3. The minimum Gasteiger partial charge on any atom is -0.497 e. The van der Waals surface area contributed by atoms with Crippen LogP contribution in [0.15, 0.2) is 29.2 Å². The van der Waals surface area contributed by atoms with Gasteiger partial charge in [-0.2, -0.15) is 0 Å². The van der Waals surface area contributed by atoms with Gasteiger partial charge in [0.1, 0.15) is 5.75 Å². The van der Waals surface area contributed by atoms with Gasteiger partial charge in [-0.05, 0) is 44.5 Å². The standard InChI is InChI=1S/C13H19NO3S/c1-14-10-6-7-13(8-10)18(15,16)12-5-3-4-11(9-12)17-2/h3-5,9-10,13-14H,6-8H2,1-2H3. The number of hydrogen-bond donors (Lipinski definition) is 1. The normalized spacial score (nSPS) is 24.1. The summed E-state index contributed by atoms with van der Waals surface area (Å²) in [4.78, 5) is 0.364. The average molecular weight is 269 g/mol. The molecule has 0 aliphatic heterocycles. The maximum Gasteiger partial charge on any atom is 0.181 e. The topological polar surface area (TPSA) is 55.4 Å². The summed E-state index contributed by atoms with van der Waals surface area (Å²) >= 11 is 0. The van der Waals surface area contributed by atoms with Gasteiger partial charge in [0.2, 0.25) is 0 Å². The van der Waals surface area contributed by atoms with Crippen LogP contribution in [0.25, 0.3) is 0 Å². The van der Waals surface area contributed by atoms with E-state index in [0.29, 0.717) is 23.1 Å². The van der Waals surface area contributed by atoms with Crippen molar-refractivity contribution in [2.45, 2.75) is 35.4 Å². The Morgan fingerprint density at radius 1 is 1.33 bits per heavy atom. The summed E-state index contributed by atoms with van der Waals surface area (Å²) in [7, 11) is 0.186. The summed E-state index contributed by atoms with van der Waals surface area (Å²) in [5.74, 6) is 0.583. The number of rotatable bonds is 4. The van der Waals surface area contributed by atoms with Crippen LogP contribution in [0.3, 0.4) is 0 Å². The second kappa shape index (κ2) is 5.28. The molecule has 0 heterocycles. The van der Waals surface area contributed by atoms with E-state index in [1.54, 1.807) is 31.4 Å². The molecule has 1 fully saturated rings. The average Bonchev–Trinajstić information content (AvgIpc) is 2.88. The Morgan fingerprint density at radius 2 is 2.11 bits per heavy atom. The van der Waals surface area contributed by atoms with E-state index in [-0.39, 0.29) is 5.25 Å². The van der Waals surface area contributed by atoms with Gasteiger partial charge in [0.15, 0.2) is 9.84 Å². The fraction of sp³-hybridized carbons (Fsp3) is 0.538. The molecule has 2 atom stereocenters. The first-order valence-corrected chi connectivity index (χ1v) is 7.67. The molecule has 1 saturated carbocycles. The van der Waals surface area contributed by atoms with Crippen LogP contribution in [-0.2, 0) is 9.84 Å². The Kier molecular flexibility index (Phi) is 3.92. The predicted octanol–water partition coefficient (Wildman–Crippen LogP) is 1.61. The zero-order chi connectivity index (χ0) is 13.2. The van der Waals surface area contributed by atoms with Crippen LogP contribution in [0, 0.1) is 0 Å². The van der Waals surface area contributed by atoms with E-state index in [1.807, 2.05) is 7.05 Å². The fourth-order valence-electron chi connectivity index (χ4n) is 2.45. The molecule has 4 nitrogen and oxygen atoms in total. The molecule has 0 radical (unpaired) electrons. The molecule has 0 spiro atoms. The summed E-state index contributed by atoms with van der Waals surface area (Å²) in [5.41, 5.74) is 0. The van der Waals surface area contributed by atoms with Crippen LogP contribution < -0.4 is 10.1 Å². The molecule has 2 rings (SSSR count). The van der Waals surface area contributed by atoms with Crippen molar-refractivity contribution in [3.05, 3.63) is 24.3 Å². The minimum atomic E-state index is -3.23. The molecular weight excluding hydrogens is 250 g/mol. The Balaban J connectivity index is 2.25. The van der Waals surface area contributed by atoms with Gasteiger partial charge in [-0.1, -0.05) is 6.07 Å². The molecular formula is C13H19NO3S. The Labute approximate surface area is 108 Å². The second-order valence-corrected chi connectivity index (χ2v) is 6.87. The van der Waals surface area contributed by atoms with Crippen LogP contribution in [0.4, 0.5) is 0 Å². The monoisotopic (exact) mass is 269 g/mol. The van der Waals surface area contributed by atoms with Gasteiger partial charge >= 0.3 is 0 Å². The first kappa shape index (κ1) is 13.4. The van der Waals surface area contributed by atoms with Gasteiger partial charge in [0.05, 0.1) is 17.3 Å². The Hall–Kier alpha value is -1.07. The Morgan fingerprint density at radius 3 is 2.72 bits per heavy atom. The summed E-state index contributed by atoms with van der Waals surface area (Å²) in [6, 6.07) is 7.03. The highest BCUT2D eigenvalue weighted by atomic mass is 32.2. The zero-order valence-corrected chi connectivity index (χ0v) is 11.5. The van der Waals surface area contributed by atoms with Crippen molar-refractivity contribution >= 4 is 9.84 Å². The number of nitrogens with one attached hydrogen (secondary N) is 1. The molecule has 1 aliphatic carbocycles. The number of methoxy groups -OCH3 is 1. The fourth-order valence-corrected chi connectivity index (χ4v) is 4.32. The summed E-state index contributed by atoms with van der Waals surface area (Å²) in [5, 5.41) is 2.87. The van der Waals surface area contributed by atoms with E-state index in [4.69, 9.17) is 4.74 Å². The molecule has 0 amide bonds.